The molecule has 0 amide bonds. The standard InChI is InChI=1S/C11H13N3/c1-7-4-11(7)14-10-3-2-9(13)5-8(10)6-12/h2-3,5,7,11,14H,4,13H2,1H3. The highest BCUT2D eigenvalue weighted by atomic mass is 15.0. The molecule has 0 radical (unpaired) electrons. The molecule has 1 aliphatic carbocycles. The van der Waals surface area contributed by atoms with Crippen molar-refractivity contribution in [1.29, 1.82) is 5.26 Å². The second kappa shape index (κ2) is 3.22. The van der Waals surface area contributed by atoms with Crippen molar-refractivity contribution in [1.82, 2.24) is 0 Å². The number of nitriles is 1. The second-order valence-corrected chi connectivity index (χ2v) is 3.88. The Kier molecular flexibility index (Phi) is 2.05. The summed E-state index contributed by atoms with van der Waals surface area (Å²) in [5.41, 5.74) is 7.76. The van der Waals surface area contributed by atoms with E-state index in [4.69, 9.17) is 11.0 Å². The average molecular weight is 187 g/mol. The van der Waals surface area contributed by atoms with Crippen molar-refractivity contribution in [3.63, 3.8) is 0 Å². The molecule has 1 aromatic rings. The van der Waals surface area contributed by atoms with E-state index in [1.165, 1.54) is 6.42 Å². The van der Waals surface area contributed by atoms with Gasteiger partial charge in [0, 0.05) is 11.7 Å². The lowest BCUT2D eigenvalue weighted by Gasteiger charge is -2.07. The molecule has 3 nitrogen and oxygen atoms in total. The third kappa shape index (κ3) is 1.64. The fraction of sp³-hybridized carbons (Fsp3) is 0.364. The Balaban J connectivity index is 2.20. The van der Waals surface area contributed by atoms with Crippen LogP contribution in [0.15, 0.2) is 18.2 Å². The Bertz CT molecular complexity index is 392. The number of anilines is 2. The Morgan fingerprint density at radius 2 is 2.29 bits per heavy atom. The molecule has 0 heterocycles. The summed E-state index contributed by atoms with van der Waals surface area (Å²) in [4.78, 5) is 0. The first-order valence-electron chi connectivity index (χ1n) is 4.77. The quantitative estimate of drug-likeness (QED) is 0.696. The molecule has 14 heavy (non-hydrogen) atoms. The molecule has 2 rings (SSSR count). The number of nitrogens with one attached hydrogen (secondary N) is 1. The molecule has 0 spiro atoms. The van der Waals surface area contributed by atoms with Crippen molar-refractivity contribution in [3.8, 4) is 6.07 Å². The van der Waals surface area contributed by atoms with E-state index < -0.39 is 0 Å². The van der Waals surface area contributed by atoms with Crippen molar-refractivity contribution in [2.75, 3.05) is 11.1 Å². The highest BCUT2D eigenvalue weighted by Crippen LogP contribution is 2.33. The maximum atomic E-state index is 8.90. The third-order valence-corrected chi connectivity index (χ3v) is 2.61. The van der Waals surface area contributed by atoms with E-state index in [0.717, 1.165) is 11.6 Å². The van der Waals surface area contributed by atoms with Crippen molar-refractivity contribution in [2.45, 2.75) is 19.4 Å². The van der Waals surface area contributed by atoms with Gasteiger partial charge in [-0.2, -0.15) is 5.26 Å². The molecule has 0 saturated heterocycles. The van der Waals surface area contributed by atoms with Crippen LogP contribution in [0.25, 0.3) is 0 Å². The first-order chi connectivity index (χ1) is 6.70. The van der Waals surface area contributed by atoms with Gasteiger partial charge in [0.2, 0.25) is 0 Å². The van der Waals surface area contributed by atoms with Crippen LogP contribution in [0, 0.1) is 17.2 Å². The largest absolute Gasteiger partial charge is 0.399 e. The molecule has 1 aliphatic rings. The molecule has 3 N–H and O–H groups in total. The number of nitrogens with zero attached hydrogens (tertiary/aromatic N) is 1. The maximum absolute atomic E-state index is 8.90. The van der Waals surface area contributed by atoms with Gasteiger partial charge in [-0.1, -0.05) is 6.92 Å². The minimum Gasteiger partial charge on any atom is -0.399 e. The topological polar surface area (TPSA) is 61.8 Å². The van der Waals surface area contributed by atoms with Crippen LogP contribution in [0.1, 0.15) is 18.9 Å². The van der Waals surface area contributed by atoms with Crippen molar-refractivity contribution >= 4 is 11.4 Å². The number of nitrogens with two attached hydrogens (primary N) is 1. The zero-order chi connectivity index (χ0) is 10.1. The van der Waals surface area contributed by atoms with Gasteiger partial charge in [-0.15, -0.1) is 0 Å². The first kappa shape index (κ1) is 8.89. The lowest BCUT2D eigenvalue weighted by atomic mass is 10.1. The number of hydrogen-bond donors (Lipinski definition) is 2. The molecular weight excluding hydrogens is 174 g/mol. The van der Waals surface area contributed by atoms with E-state index in [1.54, 1.807) is 6.07 Å². The Morgan fingerprint density at radius 1 is 1.57 bits per heavy atom. The van der Waals surface area contributed by atoms with Crippen molar-refractivity contribution < 1.29 is 0 Å². The van der Waals surface area contributed by atoms with Crippen molar-refractivity contribution in [2.24, 2.45) is 5.92 Å². The Morgan fingerprint density at radius 3 is 2.86 bits per heavy atom. The van der Waals surface area contributed by atoms with Gasteiger partial charge in [0.15, 0.2) is 0 Å². The normalized spacial score (nSPS) is 24.0. The molecule has 0 aromatic heterocycles. The first-order valence-corrected chi connectivity index (χ1v) is 4.77. The van der Waals surface area contributed by atoms with Crippen LogP contribution in [-0.4, -0.2) is 6.04 Å². The summed E-state index contributed by atoms with van der Waals surface area (Å²) in [6, 6.07) is 8.07. The van der Waals surface area contributed by atoms with E-state index >= 15 is 0 Å². The van der Waals surface area contributed by atoms with Gasteiger partial charge >= 0.3 is 0 Å². The molecule has 72 valence electrons. The van der Waals surface area contributed by atoms with Gasteiger partial charge < -0.3 is 11.1 Å². The highest BCUT2D eigenvalue weighted by molar-refractivity contribution is 5.63. The van der Waals surface area contributed by atoms with E-state index in [1.807, 2.05) is 12.1 Å². The van der Waals surface area contributed by atoms with E-state index in [2.05, 4.69) is 18.3 Å². The number of benzene rings is 1. The number of rotatable bonds is 2. The van der Waals surface area contributed by atoms with Gasteiger partial charge in [-0.25, -0.2) is 0 Å². The Labute approximate surface area is 83.5 Å². The predicted molar refractivity (Wildman–Crippen MR) is 56.8 cm³/mol. The smallest absolute Gasteiger partial charge is 0.101 e. The van der Waals surface area contributed by atoms with E-state index in [-0.39, 0.29) is 0 Å². The van der Waals surface area contributed by atoms with Crippen LogP contribution in [0.3, 0.4) is 0 Å². The summed E-state index contributed by atoms with van der Waals surface area (Å²) >= 11 is 0. The third-order valence-electron chi connectivity index (χ3n) is 2.61. The van der Waals surface area contributed by atoms with Gasteiger partial charge in [0.25, 0.3) is 0 Å². The van der Waals surface area contributed by atoms with Gasteiger partial charge in [-0.05, 0) is 30.5 Å². The summed E-state index contributed by atoms with van der Waals surface area (Å²) in [7, 11) is 0. The molecule has 0 bridgehead atoms. The van der Waals surface area contributed by atoms with E-state index in [0.29, 0.717) is 17.3 Å². The molecule has 2 atom stereocenters. The fourth-order valence-corrected chi connectivity index (χ4v) is 1.50. The molecule has 1 aromatic carbocycles. The minimum atomic E-state index is 0.533. The summed E-state index contributed by atoms with van der Waals surface area (Å²) in [5, 5.41) is 12.2. The Hall–Kier alpha value is -1.69. The zero-order valence-electron chi connectivity index (χ0n) is 8.12. The van der Waals surface area contributed by atoms with Crippen LogP contribution in [0.2, 0.25) is 0 Å². The molecule has 1 saturated carbocycles. The summed E-state index contributed by atoms with van der Waals surface area (Å²) in [6.45, 7) is 2.20. The summed E-state index contributed by atoms with van der Waals surface area (Å²) in [5.74, 6) is 0.721. The fourth-order valence-electron chi connectivity index (χ4n) is 1.50. The molecule has 1 fully saturated rings. The summed E-state index contributed by atoms with van der Waals surface area (Å²) in [6.07, 6.45) is 1.19. The number of hydrogen-bond acceptors (Lipinski definition) is 3. The summed E-state index contributed by atoms with van der Waals surface area (Å²) < 4.78 is 0. The van der Waals surface area contributed by atoms with Gasteiger partial charge in [0.1, 0.15) is 6.07 Å². The highest BCUT2D eigenvalue weighted by Gasteiger charge is 2.32. The lowest BCUT2D eigenvalue weighted by molar-refractivity contribution is 0.929. The van der Waals surface area contributed by atoms with Gasteiger partial charge in [0.05, 0.1) is 11.3 Å². The predicted octanol–water partition coefficient (Wildman–Crippen LogP) is 1.96. The monoisotopic (exact) mass is 187 g/mol. The second-order valence-electron chi connectivity index (χ2n) is 3.88. The molecule has 3 heteroatoms. The van der Waals surface area contributed by atoms with Crippen molar-refractivity contribution in [3.05, 3.63) is 23.8 Å². The number of nitrogen functional groups attached to an aromatic ring is 1. The zero-order valence-corrected chi connectivity index (χ0v) is 8.12. The SMILES string of the molecule is CC1CC1Nc1ccc(N)cc1C#N. The molecule has 0 aliphatic heterocycles. The van der Waals surface area contributed by atoms with Gasteiger partial charge in [-0.3, -0.25) is 0 Å². The van der Waals surface area contributed by atoms with Crippen LogP contribution < -0.4 is 11.1 Å². The average Bonchev–Trinajstić information content (AvgIpc) is 2.85. The minimum absolute atomic E-state index is 0.533. The molecule has 2 unspecified atom stereocenters. The van der Waals surface area contributed by atoms with Crippen LogP contribution in [0.5, 0.6) is 0 Å². The lowest BCUT2D eigenvalue weighted by Crippen LogP contribution is -2.05. The maximum Gasteiger partial charge on any atom is 0.101 e. The molecular formula is C11H13N3. The van der Waals surface area contributed by atoms with Crippen LogP contribution in [-0.2, 0) is 0 Å². The van der Waals surface area contributed by atoms with E-state index in [9.17, 15) is 0 Å². The van der Waals surface area contributed by atoms with Crippen LogP contribution in [0.4, 0.5) is 11.4 Å². The van der Waals surface area contributed by atoms with Crippen LogP contribution >= 0.6 is 0 Å².